The lowest BCUT2D eigenvalue weighted by Gasteiger charge is -2.26. The molecule has 3 aromatic rings. The molecule has 0 bridgehead atoms. The third-order valence-corrected chi connectivity index (χ3v) is 6.08. The van der Waals surface area contributed by atoms with Crippen LogP contribution in [0.25, 0.3) is 0 Å². The van der Waals surface area contributed by atoms with Crippen molar-refractivity contribution < 1.29 is 4.79 Å². The van der Waals surface area contributed by atoms with Crippen molar-refractivity contribution in [2.45, 2.75) is 12.8 Å². The van der Waals surface area contributed by atoms with E-state index in [1.807, 2.05) is 49.2 Å². The number of carbonyl (C=O) groups is 1. The number of nitrogens with zero attached hydrogens (tertiary/aromatic N) is 6. The van der Waals surface area contributed by atoms with Crippen molar-refractivity contribution in [1.29, 1.82) is 5.26 Å². The molecule has 4 rings (SSSR count). The number of aromatic nitrogens is 3. The van der Waals surface area contributed by atoms with Crippen LogP contribution in [-0.2, 0) is 0 Å². The largest absolute Gasteiger partial charge is 0.359 e. The van der Waals surface area contributed by atoms with Gasteiger partial charge in [0.05, 0.1) is 23.0 Å². The second-order valence-electron chi connectivity index (χ2n) is 8.11. The Labute approximate surface area is 192 Å². The van der Waals surface area contributed by atoms with Crippen LogP contribution in [-0.4, -0.2) is 52.7 Å². The standard InChI is InChI=1S/C24H23ClN6O/c1-16-9-19(12-28-29-16)24(32)31-14-20(22(15-31)18-4-6-21(25)7-5-18)13-30(2)23-8-3-17(10-26)11-27-23/h3-9,11-12,20,22H,13-15H2,1-2H3. The Kier molecular flexibility index (Phi) is 6.33. The first-order chi connectivity index (χ1) is 15.4. The number of aryl methyl sites for hydroxylation is 1. The number of benzene rings is 1. The molecule has 32 heavy (non-hydrogen) atoms. The molecule has 0 aliphatic carbocycles. The van der Waals surface area contributed by atoms with Crippen LogP contribution >= 0.6 is 11.6 Å². The quantitative estimate of drug-likeness (QED) is 0.594. The molecule has 0 radical (unpaired) electrons. The monoisotopic (exact) mass is 446 g/mol. The molecule has 7 nitrogen and oxygen atoms in total. The highest BCUT2D eigenvalue weighted by atomic mass is 35.5. The molecule has 0 N–H and O–H groups in total. The van der Waals surface area contributed by atoms with Crippen LogP contribution in [0.2, 0.25) is 5.02 Å². The van der Waals surface area contributed by atoms with E-state index in [4.69, 9.17) is 16.9 Å². The molecule has 2 aromatic heterocycles. The first-order valence-corrected chi connectivity index (χ1v) is 10.7. The molecule has 3 heterocycles. The van der Waals surface area contributed by atoms with Gasteiger partial charge in [-0.3, -0.25) is 4.79 Å². The minimum Gasteiger partial charge on any atom is -0.359 e. The first-order valence-electron chi connectivity index (χ1n) is 10.4. The molecular formula is C24H23ClN6O. The Morgan fingerprint density at radius 1 is 1.22 bits per heavy atom. The highest BCUT2D eigenvalue weighted by molar-refractivity contribution is 6.30. The smallest absolute Gasteiger partial charge is 0.255 e. The molecule has 162 valence electrons. The van der Waals surface area contributed by atoms with Crippen molar-refractivity contribution in [2.75, 3.05) is 31.6 Å². The molecular weight excluding hydrogens is 424 g/mol. The molecule has 2 unspecified atom stereocenters. The van der Waals surface area contributed by atoms with E-state index < -0.39 is 0 Å². The van der Waals surface area contributed by atoms with E-state index in [0.717, 1.165) is 11.4 Å². The number of hydrogen-bond acceptors (Lipinski definition) is 6. The fourth-order valence-corrected chi connectivity index (χ4v) is 4.33. The van der Waals surface area contributed by atoms with Crippen LogP contribution in [0.1, 0.15) is 33.1 Å². The highest BCUT2D eigenvalue weighted by Gasteiger charge is 2.37. The van der Waals surface area contributed by atoms with Crippen LogP contribution in [0.4, 0.5) is 5.82 Å². The number of halogens is 1. The van der Waals surface area contributed by atoms with E-state index >= 15 is 0 Å². The van der Waals surface area contributed by atoms with Crippen molar-refractivity contribution in [2.24, 2.45) is 5.92 Å². The van der Waals surface area contributed by atoms with Crippen LogP contribution < -0.4 is 4.90 Å². The Morgan fingerprint density at radius 2 is 2.00 bits per heavy atom. The normalized spacial score (nSPS) is 17.8. The summed E-state index contributed by atoms with van der Waals surface area (Å²) in [5.41, 5.74) is 2.95. The molecule has 1 aliphatic heterocycles. The zero-order valence-electron chi connectivity index (χ0n) is 17.9. The van der Waals surface area contributed by atoms with E-state index in [9.17, 15) is 4.79 Å². The minimum atomic E-state index is -0.0383. The van der Waals surface area contributed by atoms with Gasteiger partial charge in [0.15, 0.2) is 0 Å². The number of carbonyl (C=O) groups excluding carboxylic acids is 1. The van der Waals surface area contributed by atoms with Crippen molar-refractivity contribution in [3.05, 3.63) is 82.3 Å². The molecule has 2 atom stereocenters. The average Bonchev–Trinajstić information content (AvgIpc) is 3.22. The SMILES string of the molecule is Cc1cc(C(=O)N2CC(CN(C)c3ccc(C#N)cn3)C(c3ccc(Cl)cc3)C2)cnn1. The summed E-state index contributed by atoms with van der Waals surface area (Å²) in [6.07, 6.45) is 3.10. The molecule has 1 fully saturated rings. The van der Waals surface area contributed by atoms with Gasteiger partial charge >= 0.3 is 0 Å². The Morgan fingerprint density at radius 3 is 2.66 bits per heavy atom. The number of amides is 1. The van der Waals surface area contributed by atoms with Gasteiger partial charge in [-0.2, -0.15) is 15.5 Å². The molecule has 1 saturated heterocycles. The first kappa shape index (κ1) is 21.7. The maximum absolute atomic E-state index is 13.2. The van der Waals surface area contributed by atoms with Gasteiger partial charge in [0.25, 0.3) is 5.91 Å². The molecule has 0 saturated carbocycles. The van der Waals surface area contributed by atoms with Gasteiger partial charge in [-0.1, -0.05) is 23.7 Å². The zero-order chi connectivity index (χ0) is 22.7. The van der Waals surface area contributed by atoms with Gasteiger partial charge in [0, 0.05) is 49.7 Å². The summed E-state index contributed by atoms with van der Waals surface area (Å²) in [5.74, 6) is 1.10. The summed E-state index contributed by atoms with van der Waals surface area (Å²) < 4.78 is 0. The highest BCUT2D eigenvalue weighted by Crippen LogP contribution is 2.35. The second-order valence-corrected chi connectivity index (χ2v) is 8.55. The predicted octanol–water partition coefficient (Wildman–Crippen LogP) is 3.70. The van der Waals surface area contributed by atoms with E-state index in [1.165, 1.54) is 6.20 Å². The maximum atomic E-state index is 13.2. The predicted molar refractivity (Wildman–Crippen MR) is 123 cm³/mol. The fourth-order valence-electron chi connectivity index (χ4n) is 4.21. The molecule has 1 amide bonds. The van der Waals surface area contributed by atoms with Crippen LogP contribution in [0.15, 0.2) is 54.9 Å². The van der Waals surface area contributed by atoms with E-state index in [-0.39, 0.29) is 17.7 Å². The van der Waals surface area contributed by atoms with Crippen LogP contribution in [0, 0.1) is 24.2 Å². The summed E-state index contributed by atoms with van der Waals surface area (Å²) in [4.78, 5) is 21.5. The topological polar surface area (TPSA) is 86.0 Å². The number of likely N-dealkylation sites (tertiary alicyclic amines) is 1. The number of anilines is 1. The summed E-state index contributed by atoms with van der Waals surface area (Å²) in [7, 11) is 1.98. The van der Waals surface area contributed by atoms with E-state index in [1.54, 1.807) is 18.3 Å². The summed E-state index contributed by atoms with van der Waals surface area (Å²) in [5, 5.41) is 17.6. The maximum Gasteiger partial charge on any atom is 0.255 e. The summed E-state index contributed by atoms with van der Waals surface area (Å²) in [6.45, 7) is 3.77. The zero-order valence-corrected chi connectivity index (χ0v) is 18.7. The van der Waals surface area contributed by atoms with E-state index in [0.29, 0.717) is 41.5 Å². The number of nitriles is 1. The van der Waals surface area contributed by atoms with Gasteiger partial charge in [-0.25, -0.2) is 4.98 Å². The van der Waals surface area contributed by atoms with Crippen molar-refractivity contribution in [3.63, 3.8) is 0 Å². The van der Waals surface area contributed by atoms with Gasteiger partial charge in [-0.05, 0) is 42.8 Å². The number of hydrogen-bond donors (Lipinski definition) is 0. The van der Waals surface area contributed by atoms with Gasteiger partial charge in [0.1, 0.15) is 11.9 Å². The summed E-state index contributed by atoms with van der Waals surface area (Å²) in [6, 6.07) is 15.3. The Bertz CT molecular complexity index is 1140. The van der Waals surface area contributed by atoms with Gasteiger partial charge in [0.2, 0.25) is 0 Å². The molecule has 0 spiro atoms. The number of pyridine rings is 1. The average molecular weight is 447 g/mol. The van der Waals surface area contributed by atoms with Crippen molar-refractivity contribution in [3.8, 4) is 6.07 Å². The second kappa shape index (κ2) is 9.33. The summed E-state index contributed by atoms with van der Waals surface area (Å²) >= 11 is 6.10. The third kappa shape index (κ3) is 4.71. The van der Waals surface area contributed by atoms with Gasteiger partial charge < -0.3 is 9.80 Å². The molecule has 8 heteroatoms. The van der Waals surface area contributed by atoms with Crippen LogP contribution in [0.5, 0.6) is 0 Å². The minimum absolute atomic E-state index is 0.0383. The lowest BCUT2D eigenvalue weighted by molar-refractivity contribution is 0.0785. The van der Waals surface area contributed by atoms with E-state index in [2.05, 4.69) is 26.2 Å². The van der Waals surface area contributed by atoms with Gasteiger partial charge in [-0.15, -0.1) is 0 Å². The molecule has 1 aliphatic rings. The Balaban J connectivity index is 1.57. The lowest BCUT2D eigenvalue weighted by atomic mass is 9.88. The fraction of sp³-hybridized carbons (Fsp3) is 0.292. The van der Waals surface area contributed by atoms with Crippen LogP contribution in [0.3, 0.4) is 0 Å². The lowest BCUT2D eigenvalue weighted by Crippen LogP contribution is -2.32. The molecule has 1 aromatic carbocycles. The third-order valence-electron chi connectivity index (χ3n) is 5.83. The van der Waals surface area contributed by atoms with Crippen molar-refractivity contribution >= 4 is 23.3 Å². The number of rotatable bonds is 5. The Hall–Kier alpha value is -3.50. The van der Waals surface area contributed by atoms with Crippen molar-refractivity contribution in [1.82, 2.24) is 20.1 Å².